The predicted molar refractivity (Wildman–Crippen MR) is 53.1 cm³/mol. The molecule has 3 heteroatoms. The second-order valence-corrected chi connectivity index (χ2v) is 2.82. The summed E-state index contributed by atoms with van der Waals surface area (Å²) in [5.41, 5.74) is 0. The van der Waals surface area contributed by atoms with E-state index in [9.17, 15) is 5.11 Å². The number of ether oxygens (including phenoxy) is 2. The molecule has 1 N–H and O–H groups in total. The smallest absolute Gasteiger partial charge is 0.119 e. The van der Waals surface area contributed by atoms with E-state index in [2.05, 4.69) is 0 Å². The molecule has 0 spiro atoms. The second kappa shape index (κ2) is 6.40. The first kappa shape index (κ1) is 11.0. The van der Waals surface area contributed by atoms with Crippen LogP contribution in [0.25, 0.3) is 0 Å². The minimum atomic E-state index is -0.640. The van der Waals surface area contributed by atoms with Crippen LogP contribution in [-0.4, -0.2) is 31.0 Å². The lowest BCUT2D eigenvalue weighted by Gasteiger charge is -2.11. The molecule has 0 aromatic heterocycles. The summed E-state index contributed by atoms with van der Waals surface area (Å²) in [6.45, 7) is 5.63. The van der Waals surface area contributed by atoms with Crippen LogP contribution in [0.15, 0.2) is 30.3 Å². The van der Waals surface area contributed by atoms with Gasteiger partial charge in [-0.25, -0.2) is 0 Å². The van der Waals surface area contributed by atoms with E-state index in [-0.39, 0.29) is 19.8 Å². The normalized spacial score (nSPS) is 12.4. The zero-order valence-electron chi connectivity index (χ0n) is 7.93. The summed E-state index contributed by atoms with van der Waals surface area (Å²) in [5.74, 6) is 0.735. The van der Waals surface area contributed by atoms with E-state index < -0.39 is 6.10 Å². The van der Waals surface area contributed by atoms with Crippen molar-refractivity contribution < 1.29 is 14.6 Å². The number of rotatable bonds is 6. The van der Waals surface area contributed by atoms with Crippen LogP contribution < -0.4 is 4.74 Å². The highest BCUT2D eigenvalue weighted by molar-refractivity contribution is 5.20. The van der Waals surface area contributed by atoms with Gasteiger partial charge in [-0.15, -0.1) is 0 Å². The summed E-state index contributed by atoms with van der Waals surface area (Å²) in [6, 6.07) is 9.31. The Bertz CT molecular complexity index is 236. The van der Waals surface area contributed by atoms with Gasteiger partial charge in [-0.3, -0.25) is 0 Å². The molecular weight excluding hydrogens is 180 g/mol. The Labute approximate surface area is 84.3 Å². The number of aliphatic hydroxyl groups is 1. The topological polar surface area (TPSA) is 38.7 Å². The third kappa shape index (κ3) is 4.25. The van der Waals surface area contributed by atoms with E-state index in [0.29, 0.717) is 0 Å². The molecule has 1 rings (SSSR count). The maximum Gasteiger partial charge on any atom is 0.119 e. The van der Waals surface area contributed by atoms with Gasteiger partial charge in [-0.2, -0.15) is 0 Å². The molecular formula is C11H14O3. The predicted octanol–water partition coefficient (Wildman–Crippen LogP) is 1.15. The van der Waals surface area contributed by atoms with Gasteiger partial charge in [0.15, 0.2) is 0 Å². The van der Waals surface area contributed by atoms with E-state index in [1.807, 2.05) is 30.3 Å². The molecule has 76 valence electrons. The van der Waals surface area contributed by atoms with E-state index in [0.717, 1.165) is 5.75 Å². The summed E-state index contributed by atoms with van der Waals surface area (Å²) in [5, 5.41) is 9.34. The SMILES string of the molecule is [CH]COCC(O)COc1ccccc1. The van der Waals surface area contributed by atoms with Crippen LogP contribution >= 0.6 is 0 Å². The molecule has 0 aliphatic heterocycles. The zero-order chi connectivity index (χ0) is 10.2. The van der Waals surface area contributed by atoms with Crippen molar-refractivity contribution in [3.63, 3.8) is 0 Å². The van der Waals surface area contributed by atoms with Gasteiger partial charge in [0.2, 0.25) is 0 Å². The van der Waals surface area contributed by atoms with Gasteiger partial charge in [0.25, 0.3) is 0 Å². The molecule has 1 unspecified atom stereocenters. The highest BCUT2D eigenvalue weighted by atomic mass is 16.5. The molecule has 0 heterocycles. The number of benzene rings is 1. The Morgan fingerprint density at radius 3 is 2.57 bits per heavy atom. The molecule has 1 atom stereocenters. The second-order valence-electron chi connectivity index (χ2n) is 2.82. The minimum Gasteiger partial charge on any atom is -0.491 e. The molecule has 0 bridgehead atoms. The molecule has 0 fully saturated rings. The molecule has 2 radical (unpaired) electrons. The molecule has 0 saturated heterocycles. The lowest BCUT2D eigenvalue weighted by atomic mass is 10.3. The third-order valence-corrected chi connectivity index (χ3v) is 1.61. The van der Waals surface area contributed by atoms with Crippen molar-refractivity contribution in [2.24, 2.45) is 0 Å². The highest BCUT2D eigenvalue weighted by Crippen LogP contribution is 2.08. The molecule has 0 saturated carbocycles. The first-order chi connectivity index (χ1) is 6.83. The van der Waals surface area contributed by atoms with Crippen LogP contribution in [0.4, 0.5) is 0 Å². The fourth-order valence-electron chi connectivity index (χ4n) is 0.961. The summed E-state index contributed by atoms with van der Waals surface area (Å²) >= 11 is 0. The van der Waals surface area contributed by atoms with E-state index in [1.54, 1.807) is 0 Å². The van der Waals surface area contributed by atoms with Crippen molar-refractivity contribution >= 4 is 0 Å². The lowest BCUT2D eigenvalue weighted by Crippen LogP contribution is -2.23. The van der Waals surface area contributed by atoms with Crippen LogP contribution in [0.1, 0.15) is 0 Å². The third-order valence-electron chi connectivity index (χ3n) is 1.61. The monoisotopic (exact) mass is 194 g/mol. The fourth-order valence-corrected chi connectivity index (χ4v) is 0.961. The number of aliphatic hydroxyl groups excluding tert-OH is 1. The molecule has 14 heavy (non-hydrogen) atoms. The lowest BCUT2D eigenvalue weighted by molar-refractivity contribution is 0.0208. The average molecular weight is 194 g/mol. The zero-order valence-corrected chi connectivity index (χ0v) is 7.93. The van der Waals surface area contributed by atoms with Gasteiger partial charge in [0.1, 0.15) is 18.5 Å². The van der Waals surface area contributed by atoms with Gasteiger partial charge in [0.05, 0.1) is 13.2 Å². The van der Waals surface area contributed by atoms with Crippen LogP contribution in [0, 0.1) is 6.92 Å². The quantitative estimate of drug-likeness (QED) is 0.738. The summed E-state index contributed by atoms with van der Waals surface area (Å²) in [4.78, 5) is 0. The summed E-state index contributed by atoms with van der Waals surface area (Å²) in [6.07, 6.45) is -0.640. The number of hydrogen-bond donors (Lipinski definition) is 1. The van der Waals surface area contributed by atoms with Crippen LogP contribution in [0.2, 0.25) is 0 Å². The molecule has 3 nitrogen and oxygen atoms in total. The van der Waals surface area contributed by atoms with Crippen molar-refractivity contribution in [3.05, 3.63) is 37.3 Å². The first-order valence-electron chi connectivity index (χ1n) is 4.46. The summed E-state index contributed by atoms with van der Waals surface area (Å²) < 4.78 is 10.1. The van der Waals surface area contributed by atoms with E-state index >= 15 is 0 Å². The largest absolute Gasteiger partial charge is 0.491 e. The Kier molecular flexibility index (Phi) is 5.04. The van der Waals surface area contributed by atoms with Crippen molar-refractivity contribution in [2.75, 3.05) is 19.8 Å². The van der Waals surface area contributed by atoms with Crippen molar-refractivity contribution in [1.29, 1.82) is 0 Å². The minimum absolute atomic E-state index is 0.113. The van der Waals surface area contributed by atoms with Gasteiger partial charge in [0, 0.05) is 0 Å². The van der Waals surface area contributed by atoms with Crippen molar-refractivity contribution in [2.45, 2.75) is 6.10 Å². The van der Waals surface area contributed by atoms with Crippen LogP contribution in [0.3, 0.4) is 0 Å². The molecule has 0 aliphatic rings. The molecule has 1 aromatic carbocycles. The fraction of sp³-hybridized carbons (Fsp3) is 0.364. The number of hydrogen-bond acceptors (Lipinski definition) is 3. The Morgan fingerprint density at radius 1 is 1.21 bits per heavy atom. The van der Waals surface area contributed by atoms with E-state index in [4.69, 9.17) is 16.4 Å². The number of para-hydroxylation sites is 1. The van der Waals surface area contributed by atoms with Crippen LogP contribution in [0.5, 0.6) is 5.75 Å². The Morgan fingerprint density at radius 2 is 1.93 bits per heavy atom. The van der Waals surface area contributed by atoms with Gasteiger partial charge < -0.3 is 14.6 Å². The maximum absolute atomic E-state index is 9.34. The van der Waals surface area contributed by atoms with Crippen molar-refractivity contribution in [3.8, 4) is 5.75 Å². The highest BCUT2D eigenvalue weighted by Gasteiger charge is 2.04. The molecule has 1 aromatic rings. The first-order valence-corrected chi connectivity index (χ1v) is 4.46. The standard InChI is InChI=1S/C11H14O3/c1-2-13-8-10(12)9-14-11-6-4-3-5-7-11/h1,3-7,10,12H,2,8-9H2. The Balaban J connectivity index is 2.20. The molecule has 0 amide bonds. The summed E-state index contributed by atoms with van der Waals surface area (Å²) in [7, 11) is 0. The van der Waals surface area contributed by atoms with Gasteiger partial charge >= 0.3 is 0 Å². The van der Waals surface area contributed by atoms with E-state index in [1.165, 1.54) is 0 Å². The molecule has 0 aliphatic carbocycles. The van der Waals surface area contributed by atoms with Crippen LogP contribution in [-0.2, 0) is 4.74 Å². The Hall–Kier alpha value is -1.06. The van der Waals surface area contributed by atoms with Gasteiger partial charge in [-0.05, 0) is 19.1 Å². The van der Waals surface area contributed by atoms with Gasteiger partial charge in [-0.1, -0.05) is 18.2 Å². The average Bonchev–Trinajstić information content (AvgIpc) is 2.25. The van der Waals surface area contributed by atoms with Crippen molar-refractivity contribution in [1.82, 2.24) is 0 Å². The maximum atomic E-state index is 9.34.